The quantitative estimate of drug-likeness (QED) is 0.725. The van der Waals surface area contributed by atoms with Crippen molar-refractivity contribution in [2.75, 3.05) is 0 Å². The molecule has 0 aliphatic rings. The molecule has 0 saturated carbocycles. The number of hydrogen-bond donors (Lipinski definition) is 1. The molecule has 0 radical (unpaired) electrons. The summed E-state index contributed by atoms with van der Waals surface area (Å²) in [6.45, 7) is 10.4. The molecule has 0 aliphatic carbocycles. The van der Waals surface area contributed by atoms with Crippen molar-refractivity contribution in [3.05, 3.63) is 65.2 Å². The molecule has 2 aromatic rings. The van der Waals surface area contributed by atoms with Gasteiger partial charge in [-0.2, -0.15) is 0 Å². The summed E-state index contributed by atoms with van der Waals surface area (Å²) < 4.78 is 5.62. The molecule has 3 heteroatoms. The predicted octanol–water partition coefficient (Wildman–Crippen LogP) is 5.48. The van der Waals surface area contributed by atoms with Crippen molar-refractivity contribution in [1.82, 2.24) is 5.32 Å². The lowest BCUT2D eigenvalue weighted by atomic mass is 9.98. The van der Waals surface area contributed by atoms with E-state index in [-0.39, 0.29) is 18.1 Å². The van der Waals surface area contributed by atoms with E-state index in [1.807, 2.05) is 38.1 Å². The second kappa shape index (κ2) is 8.70. The topological polar surface area (TPSA) is 38.3 Å². The molecule has 1 atom stereocenters. The lowest BCUT2D eigenvalue weighted by Gasteiger charge is -2.18. The fourth-order valence-electron chi connectivity index (χ4n) is 2.73. The van der Waals surface area contributed by atoms with E-state index in [4.69, 9.17) is 4.74 Å². The normalized spacial score (nSPS) is 12.3. The van der Waals surface area contributed by atoms with Crippen LogP contribution in [0.5, 0.6) is 5.75 Å². The van der Waals surface area contributed by atoms with E-state index < -0.39 is 0 Å². The standard InChI is InChI=1S/C22H29NO2/c1-6-21(18-9-7-17(8-10-18)15(2)3)23-22(24)19-11-13-20(14-12-19)25-16(4)5/h7-16,21H,6H2,1-5H3,(H,23,24)/t21-/m0/s1. The summed E-state index contributed by atoms with van der Waals surface area (Å²) in [7, 11) is 0. The highest BCUT2D eigenvalue weighted by molar-refractivity contribution is 5.94. The number of carbonyl (C=O) groups excluding carboxylic acids is 1. The van der Waals surface area contributed by atoms with Crippen molar-refractivity contribution in [2.24, 2.45) is 0 Å². The van der Waals surface area contributed by atoms with Crippen LogP contribution in [0.2, 0.25) is 0 Å². The fourth-order valence-corrected chi connectivity index (χ4v) is 2.73. The second-order valence-corrected chi connectivity index (χ2v) is 6.95. The van der Waals surface area contributed by atoms with Gasteiger partial charge in [0.15, 0.2) is 0 Å². The lowest BCUT2D eigenvalue weighted by Crippen LogP contribution is -2.28. The van der Waals surface area contributed by atoms with Gasteiger partial charge in [0.1, 0.15) is 5.75 Å². The molecule has 0 bridgehead atoms. The molecular formula is C22H29NO2. The monoisotopic (exact) mass is 339 g/mol. The van der Waals surface area contributed by atoms with Crippen LogP contribution in [0.15, 0.2) is 48.5 Å². The summed E-state index contributed by atoms with van der Waals surface area (Å²) >= 11 is 0. The average Bonchev–Trinajstić information content (AvgIpc) is 2.59. The molecule has 0 saturated heterocycles. The SMILES string of the molecule is CC[C@H](NC(=O)c1ccc(OC(C)C)cc1)c1ccc(C(C)C)cc1. The molecule has 25 heavy (non-hydrogen) atoms. The summed E-state index contributed by atoms with van der Waals surface area (Å²) in [6.07, 6.45) is 0.972. The van der Waals surface area contributed by atoms with Gasteiger partial charge in [0.25, 0.3) is 5.91 Å². The molecule has 3 nitrogen and oxygen atoms in total. The van der Waals surface area contributed by atoms with Crippen LogP contribution >= 0.6 is 0 Å². The zero-order valence-corrected chi connectivity index (χ0v) is 15.9. The molecular weight excluding hydrogens is 310 g/mol. The number of rotatable bonds is 7. The van der Waals surface area contributed by atoms with Gasteiger partial charge in [-0.15, -0.1) is 0 Å². The van der Waals surface area contributed by atoms with Gasteiger partial charge >= 0.3 is 0 Å². The predicted molar refractivity (Wildman–Crippen MR) is 103 cm³/mol. The number of amides is 1. The van der Waals surface area contributed by atoms with Gasteiger partial charge in [-0.1, -0.05) is 45.0 Å². The zero-order valence-electron chi connectivity index (χ0n) is 15.9. The molecule has 134 valence electrons. The molecule has 2 aromatic carbocycles. The molecule has 0 fully saturated rings. The molecule has 0 unspecified atom stereocenters. The van der Waals surface area contributed by atoms with Crippen LogP contribution in [-0.4, -0.2) is 12.0 Å². The minimum Gasteiger partial charge on any atom is -0.491 e. The Morgan fingerprint density at radius 3 is 1.96 bits per heavy atom. The first-order valence-corrected chi connectivity index (χ1v) is 9.08. The van der Waals surface area contributed by atoms with Crippen LogP contribution in [0.4, 0.5) is 0 Å². The number of ether oxygens (including phenoxy) is 1. The van der Waals surface area contributed by atoms with Gasteiger partial charge in [0.05, 0.1) is 12.1 Å². The van der Waals surface area contributed by atoms with E-state index in [9.17, 15) is 4.79 Å². The zero-order chi connectivity index (χ0) is 18.4. The third-order valence-corrected chi connectivity index (χ3v) is 4.21. The summed E-state index contributed by atoms with van der Waals surface area (Å²) in [5.74, 6) is 1.23. The van der Waals surface area contributed by atoms with Crippen molar-refractivity contribution in [3.63, 3.8) is 0 Å². The lowest BCUT2D eigenvalue weighted by molar-refractivity contribution is 0.0935. The van der Waals surface area contributed by atoms with Crippen molar-refractivity contribution in [3.8, 4) is 5.75 Å². The number of carbonyl (C=O) groups is 1. The molecule has 2 rings (SSSR count). The van der Waals surface area contributed by atoms with Crippen LogP contribution in [-0.2, 0) is 0 Å². The Kier molecular flexibility index (Phi) is 6.63. The van der Waals surface area contributed by atoms with Crippen molar-refractivity contribution < 1.29 is 9.53 Å². The molecule has 0 aliphatic heterocycles. The van der Waals surface area contributed by atoms with E-state index in [1.54, 1.807) is 0 Å². The highest BCUT2D eigenvalue weighted by Gasteiger charge is 2.14. The number of benzene rings is 2. The third kappa shape index (κ3) is 5.35. The van der Waals surface area contributed by atoms with Gasteiger partial charge in [-0.3, -0.25) is 4.79 Å². The maximum absolute atomic E-state index is 12.5. The highest BCUT2D eigenvalue weighted by atomic mass is 16.5. The van der Waals surface area contributed by atoms with E-state index in [0.29, 0.717) is 11.5 Å². The van der Waals surface area contributed by atoms with Crippen LogP contribution in [0.3, 0.4) is 0 Å². The molecule has 0 spiro atoms. The van der Waals surface area contributed by atoms with Crippen molar-refractivity contribution in [2.45, 2.75) is 59.1 Å². The Hall–Kier alpha value is -2.29. The van der Waals surface area contributed by atoms with Crippen LogP contribution in [0, 0.1) is 0 Å². The minimum absolute atomic E-state index is 0.0142. The van der Waals surface area contributed by atoms with E-state index in [1.165, 1.54) is 5.56 Å². The van der Waals surface area contributed by atoms with Crippen molar-refractivity contribution >= 4 is 5.91 Å². The van der Waals surface area contributed by atoms with E-state index in [2.05, 4.69) is 50.4 Å². The Balaban J connectivity index is 2.06. The molecule has 0 aromatic heterocycles. The maximum Gasteiger partial charge on any atom is 0.251 e. The largest absolute Gasteiger partial charge is 0.491 e. The third-order valence-electron chi connectivity index (χ3n) is 4.21. The summed E-state index contributed by atoms with van der Waals surface area (Å²) in [4.78, 5) is 12.5. The highest BCUT2D eigenvalue weighted by Crippen LogP contribution is 2.21. The van der Waals surface area contributed by atoms with E-state index >= 15 is 0 Å². The van der Waals surface area contributed by atoms with Crippen molar-refractivity contribution in [1.29, 1.82) is 0 Å². The first kappa shape index (κ1) is 19.0. The van der Waals surface area contributed by atoms with Gasteiger partial charge in [0.2, 0.25) is 0 Å². The molecule has 1 N–H and O–H groups in total. The number of nitrogens with one attached hydrogen (secondary N) is 1. The molecule has 1 amide bonds. The fraction of sp³-hybridized carbons (Fsp3) is 0.409. The average molecular weight is 339 g/mol. The van der Waals surface area contributed by atoms with E-state index in [0.717, 1.165) is 17.7 Å². The van der Waals surface area contributed by atoms with Gasteiger partial charge in [-0.05, 0) is 61.6 Å². The molecule has 0 heterocycles. The maximum atomic E-state index is 12.5. The smallest absolute Gasteiger partial charge is 0.251 e. The Labute approximate surface area is 151 Å². The number of hydrogen-bond acceptors (Lipinski definition) is 2. The summed E-state index contributed by atoms with van der Waals surface area (Å²) in [6, 6.07) is 15.8. The van der Waals surface area contributed by atoms with Gasteiger partial charge in [-0.25, -0.2) is 0 Å². The summed E-state index contributed by atoms with van der Waals surface area (Å²) in [5, 5.41) is 3.13. The Bertz CT molecular complexity index is 672. The van der Waals surface area contributed by atoms with Crippen LogP contribution in [0.25, 0.3) is 0 Å². The first-order chi connectivity index (χ1) is 11.9. The van der Waals surface area contributed by atoms with Crippen LogP contribution < -0.4 is 10.1 Å². The van der Waals surface area contributed by atoms with Gasteiger partial charge < -0.3 is 10.1 Å². The Morgan fingerprint density at radius 2 is 1.48 bits per heavy atom. The minimum atomic E-state index is -0.0594. The summed E-state index contributed by atoms with van der Waals surface area (Å²) in [5.41, 5.74) is 3.10. The Morgan fingerprint density at radius 1 is 0.920 bits per heavy atom. The van der Waals surface area contributed by atoms with Crippen LogP contribution in [0.1, 0.15) is 74.5 Å². The second-order valence-electron chi connectivity index (χ2n) is 6.95. The van der Waals surface area contributed by atoms with Gasteiger partial charge in [0, 0.05) is 5.56 Å². The first-order valence-electron chi connectivity index (χ1n) is 9.08.